The maximum atomic E-state index is 10.8. The Kier molecular flexibility index (Phi) is 6.31. The number of nitrogens with zero attached hydrogens (tertiary/aromatic N) is 1. The van der Waals surface area contributed by atoms with E-state index in [0.29, 0.717) is 17.5 Å². The van der Waals surface area contributed by atoms with Crippen molar-refractivity contribution in [1.82, 2.24) is 0 Å². The molecule has 134 valence electrons. The molecule has 3 nitrogen and oxygen atoms in total. The largest absolute Gasteiger partial charge is 0.507 e. The van der Waals surface area contributed by atoms with Crippen LogP contribution in [-0.4, -0.2) is 10.2 Å². The van der Waals surface area contributed by atoms with Crippen LogP contribution in [0.15, 0.2) is 29.9 Å². The van der Waals surface area contributed by atoms with E-state index in [1.54, 1.807) is 6.07 Å². The molecule has 0 saturated heterocycles. The molecule has 1 aromatic carbocycles. The first-order valence-electron chi connectivity index (χ1n) is 9.21. The van der Waals surface area contributed by atoms with Gasteiger partial charge in [-0.2, -0.15) is 5.26 Å². The van der Waals surface area contributed by atoms with Gasteiger partial charge in [0, 0.05) is 11.5 Å². The van der Waals surface area contributed by atoms with Crippen molar-refractivity contribution in [1.29, 1.82) is 5.26 Å². The molecule has 0 saturated carbocycles. The van der Waals surface area contributed by atoms with E-state index in [4.69, 9.17) is 0 Å². The van der Waals surface area contributed by atoms with E-state index in [9.17, 15) is 15.5 Å². The second kappa shape index (κ2) is 8.25. The minimum atomic E-state index is -0.136. The first-order chi connectivity index (χ1) is 11.9. The number of phenols is 2. The van der Waals surface area contributed by atoms with Gasteiger partial charge in [-0.15, -0.1) is 0 Å². The highest BCUT2D eigenvalue weighted by molar-refractivity contribution is 5.60. The van der Waals surface area contributed by atoms with E-state index in [-0.39, 0.29) is 23.3 Å². The normalized spacial score (nSPS) is 20.0. The lowest BCUT2D eigenvalue weighted by Gasteiger charge is -2.31. The number of hydrogen-bond acceptors (Lipinski definition) is 3. The van der Waals surface area contributed by atoms with Crippen LogP contribution in [0.2, 0.25) is 0 Å². The van der Waals surface area contributed by atoms with Crippen LogP contribution < -0.4 is 0 Å². The Balaban J connectivity index is 2.52. The van der Waals surface area contributed by atoms with Crippen molar-refractivity contribution in [2.24, 2.45) is 5.92 Å². The van der Waals surface area contributed by atoms with Crippen molar-refractivity contribution in [3.8, 4) is 17.6 Å². The summed E-state index contributed by atoms with van der Waals surface area (Å²) in [6, 6.07) is 3.83. The van der Waals surface area contributed by atoms with Gasteiger partial charge in [-0.3, -0.25) is 0 Å². The lowest BCUT2D eigenvalue weighted by atomic mass is 9.73. The number of hydrogen-bond donors (Lipinski definition) is 2. The summed E-state index contributed by atoms with van der Waals surface area (Å²) in [5, 5.41) is 31.0. The van der Waals surface area contributed by atoms with Gasteiger partial charge in [0.25, 0.3) is 0 Å². The number of allylic oxidation sites excluding steroid dienone is 3. The molecule has 0 radical (unpaired) electrons. The SMILES string of the molecule is C=C(C)C1CCC(C)=CC1c1c(O)cc(CCCCC)c(C#N)c1O. The van der Waals surface area contributed by atoms with Crippen molar-refractivity contribution in [2.75, 3.05) is 0 Å². The summed E-state index contributed by atoms with van der Waals surface area (Å²) >= 11 is 0. The van der Waals surface area contributed by atoms with Crippen LogP contribution >= 0.6 is 0 Å². The third-order valence-corrected chi connectivity index (χ3v) is 5.27. The number of aryl methyl sites for hydroxylation is 1. The monoisotopic (exact) mass is 339 g/mol. The average Bonchev–Trinajstić information content (AvgIpc) is 2.55. The van der Waals surface area contributed by atoms with Crippen molar-refractivity contribution in [2.45, 2.75) is 65.2 Å². The molecular formula is C22H29NO2. The number of aromatic hydroxyl groups is 2. The van der Waals surface area contributed by atoms with Gasteiger partial charge in [0.05, 0.1) is 5.56 Å². The molecule has 25 heavy (non-hydrogen) atoms. The summed E-state index contributed by atoms with van der Waals surface area (Å²) in [6.07, 6.45) is 7.84. The van der Waals surface area contributed by atoms with E-state index in [2.05, 4.69) is 32.6 Å². The van der Waals surface area contributed by atoms with Gasteiger partial charge in [0.15, 0.2) is 0 Å². The summed E-state index contributed by atoms with van der Waals surface area (Å²) in [7, 11) is 0. The molecule has 2 unspecified atom stereocenters. The second-order valence-corrected chi connectivity index (χ2v) is 7.29. The Morgan fingerprint density at radius 1 is 1.36 bits per heavy atom. The van der Waals surface area contributed by atoms with Crippen molar-refractivity contribution >= 4 is 0 Å². The first kappa shape index (κ1) is 19.1. The number of benzene rings is 1. The van der Waals surface area contributed by atoms with Crippen LogP contribution in [-0.2, 0) is 6.42 Å². The highest BCUT2D eigenvalue weighted by Gasteiger charge is 2.31. The predicted octanol–water partition coefficient (Wildman–Crippen LogP) is 5.72. The molecule has 0 fully saturated rings. The molecule has 1 aliphatic carbocycles. The van der Waals surface area contributed by atoms with E-state index >= 15 is 0 Å². The molecule has 3 heteroatoms. The van der Waals surface area contributed by atoms with Gasteiger partial charge >= 0.3 is 0 Å². The molecule has 1 aliphatic rings. The first-order valence-corrected chi connectivity index (χ1v) is 9.21. The zero-order valence-corrected chi connectivity index (χ0v) is 15.6. The van der Waals surface area contributed by atoms with Crippen molar-refractivity contribution in [3.63, 3.8) is 0 Å². The molecule has 1 aromatic rings. The second-order valence-electron chi connectivity index (χ2n) is 7.29. The predicted molar refractivity (Wildman–Crippen MR) is 102 cm³/mol. The fourth-order valence-corrected chi connectivity index (χ4v) is 3.85. The Morgan fingerprint density at radius 2 is 2.08 bits per heavy atom. The van der Waals surface area contributed by atoms with Gasteiger partial charge in [-0.25, -0.2) is 0 Å². The third kappa shape index (κ3) is 4.07. The molecule has 0 aliphatic heterocycles. The number of phenolic OH excluding ortho intramolecular Hbond substituents is 2. The zero-order chi connectivity index (χ0) is 18.6. The zero-order valence-electron chi connectivity index (χ0n) is 15.6. The van der Waals surface area contributed by atoms with Crippen LogP contribution in [0.25, 0.3) is 0 Å². The lowest BCUT2D eigenvalue weighted by molar-refractivity contribution is 0.405. The smallest absolute Gasteiger partial charge is 0.141 e. The fraction of sp³-hybridized carbons (Fsp3) is 0.500. The van der Waals surface area contributed by atoms with Crippen LogP contribution in [0.3, 0.4) is 0 Å². The minimum Gasteiger partial charge on any atom is -0.507 e. The average molecular weight is 339 g/mol. The number of unbranched alkanes of at least 4 members (excludes halogenated alkanes) is 2. The van der Waals surface area contributed by atoms with Gasteiger partial charge in [0.1, 0.15) is 17.6 Å². The number of rotatable bonds is 6. The molecular weight excluding hydrogens is 310 g/mol. The molecule has 0 bridgehead atoms. The molecule has 2 atom stereocenters. The Labute approximate surface area is 151 Å². The summed E-state index contributed by atoms with van der Waals surface area (Å²) in [6.45, 7) is 10.3. The lowest BCUT2D eigenvalue weighted by Crippen LogP contribution is -2.17. The maximum absolute atomic E-state index is 10.8. The fourth-order valence-electron chi connectivity index (χ4n) is 3.85. The highest BCUT2D eigenvalue weighted by atomic mass is 16.3. The standard InChI is InChI=1S/C22H29NO2/c1-5-6-7-8-16-12-20(24)21(22(25)19(16)13-23)18-11-15(4)9-10-17(18)14(2)3/h11-12,17-18,24-25H,2,5-10H2,1,3-4H3. The van der Waals surface area contributed by atoms with E-state index in [0.717, 1.165) is 43.2 Å². The molecule has 0 aromatic heterocycles. The molecule has 2 rings (SSSR count). The quantitative estimate of drug-likeness (QED) is 0.515. The van der Waals surface area contributed by atoms with Gasteiger partial charge < -0.3 is 10.2 Å². The van der Waals surface area contributed by atoms with E-state index in [1.165, 1.54) is 5.57 Å². The third-order valence-electron chi connectivity index (χ3n) is 5.27. The summed E-state index contributed by atoms with van der Waals surface area (Å²) < 4.78 is 0. The van der Waals surface area contributed by atoms with Crippen LogP contribution in [0, 0.1) is 17.2 Å². The van der Waals surface area contributed by atoms with E-state index in [1.807, 2.05) is 6.92 Å². The molecule has 0 spiro atoms. The van der Waals surface area contributed by atoms with Gasteiger partial charge in [-0.1, -0.05) is 43.6 Å². The Bertz CT molecular complexity index is 725. The Hall–Kier alpha value is -2.21. The molecule has 2 N–H and O–H groups in total. The highest BCUT2D eigenvalue weighted by Crippen LogP contribution is 2.47. The van der Waals surface area contributed by atoms with Gasteiger partial charge in [0.2, 0.25) is 0 Å². The Morgan fingerprint density at radius 3 is 2.68 bits per heavy atom. The van der Waals surface area contributed by atoms with Gasteiger partial charge in [-0.05, 0) is 57.1 Å². The van der Waals surface area contributed by atoms with Crippen LogP contribution in [0.5, 0.6) is 11.5 Å². The summed E-state index contributed by atoms with van der Waals surface area (Å²) in [4.78, 5) is 0. The molecule has 0 heterocycles. The van der Waals surface area contributed by atoms with Crippen molar-refractivity contribution < 1.29 is 10.2 Å². The number of nitriles is 1. The van der Waals surface area contributed by atoms with Crippen LogP contribution in [0.4, 0.5) is 0 Å². The molecule has 0 amide bonds. The summed E-state index contributed by atoms with van der Waals surface area (Å²) in [5.41, 5.74) is 3.80. The van der Waals surface area contributed by atoms with E-state index < -0.39 is 0 Å². The topological polar surface area (TPSA) is 64.2 Å². The summed E-state index contributed by atoms with van der Waals surface area (Å²) in [5.74, 6) is 0.0578. The van der Waals surface area contributed by atoms with Crippen molar-refractivity contribution in [3.05, 3.63) is 46.6 Å². The minimum absolute atomic E-state index is 0.0591. The van der Waals surface area contributed by atoms with Crippen LogP contribution in [0.1, 0.15) is 75.5 Å². The maximum Gasteiger partial charge on any atom is 0.141 e.